The van der Waals surface area contributed by atoms with Crippen LogP contribution in [0.5, 0.6) is 0 Å². The number of anilines is 1. The molecule has 0 aromatic heterocycles. The smallest absolute Gasteiger partial charge is 0.271 e. The largest absolute Gasteiger partial charge is 0.344 e. The van der Waals surface area contributed by atoms with Crippen molar-refractivity contribution >= 4 is 17.5 Å². The fraction of sp³-hybridized carbons (Fsp3) is 0.516. The van der Waals surface area contributed by atoms with Crippen LogP contribution in [0.3, 0.4) is 0 Å². The number of nitrogens with zero attached hydrogens (tertiary/aromatic N) is 3. The van der Waals surface area contributed by atoms with Gasteiger partial charge in [-0.2, -0.15) is 5.26 Å². The first-order valence-electron chi connectivity index (χ1n) is 13.5. The van der Waals surface area contributed by atoms with E-state index in [1.54, 1.807) is 6.92 Å². The van der Waals surface area contributed by atoms with Crippen LogP contribution in [0.25, 0.3) is 0 Å². The zero-order valence-electron chi connectivity index (χ0n) is 22.9. The lowest BCUT2D eigenvalue weighted by molar-refractivity contribution is -0.141. The summed E-state index contributed by atoms with van der Waals surface area (Å²) in [6.45, 7) is 13.8. The van der Waals surface area contributed by atoms with E-state index in [4.69, 9.17) is 0 Å². The van der Waals surface area contributed by atoms with Gasteiger partial charge in [0.15, 0.2) is 0 Å². The van der Waals surface area contributed by atoms with Gasteiger partial charge in [0.2, 0.25) is 0 Å². The Morgan fingerprint density at radius 1 is 1.00 bits per heavy atom. The Morgan fingerprint density at radius 3 is 2.33 bits per heavy atom. The topological polar surface area (TPSA) is 64.4 Å². The number of allylic oxidation sites excluding steroid dienone is 3. The Kier molecular flexibility index (Phi) is 8.95. The lowest BCUT2D eigenvalue weighted by Crippen LogP contribution is -2.45. The molecule has 1 aromatic rings. The number of carbonyl (C=O) groups is 2. The van der Waals surface area contributed by atoms with E-state index in [1.165, 1.54) is 16.2 Å². The van der Waals surface area contributed by atoms with Crippen LogP contribution in [0.4, 0.5) is 5.69 Å². The summed E-state index contributed by atoms with van der Waals surface area (Å²) in [6, 6.07) is 10.6. The van der Waals surface area contributed by atoms with Gasteiger partial charge in [0.25, 0.3) is 11.8 Å². The molecule has 1 aromatic carbocycles. The molecule has 0 saturated carbocycles. The van der Waals surface area contributed by atoms with Gasteiger partial charge < -0.3 is 4.90 Å². The van der Waals surface area contributed by atoms with E-state index in [0.717, 1.165) is 50.8 Å². The quantitative estimate of drug-likeness (QED) is 0.268. The molecule has 2 aliphatic rings. The third-order valence-electron chi connectivity index (χ3n) is 7.75. The highest BCUT2D eigenvalue weighted by atomic mass is 16.2. The minimum Gasteiger partial charge on any atom is -0.344 e. The number of nitriles is 1. The highest BCUT2D eigenvalue weighted by Gasteiger charge is 2.40. The summed E-state index contributed by atoms with van der Waals surface area (Å²) >= 11 is 0. The van der Waals surface area contributed by atoms with Crippen LogP contribution in [-0.2, 0) is 15.0 Å². The Balaban J connectivity index is 2.05. The van der Waals surface area contributed by atoms with Crippen LogP contribution in [0.2, 0.25) is 0 Å². The minimum atomic E-state index is -0.460. The van der Waals surface area contributed by atoms with Crippen molar-refractivity contribution in [3.63, 3.8) is 0 Å². The number of hydrogen-bond acceptors (Lipinski definition) is 4. The second-order valence-electron chi connectivity index (χ2n) is 10.5. The average Bonchev–Trinajstić information content (AvgIpc) is 3.08. The van der Waals surface area contributed by atoms with Gasteiger partial charge >= 0.3 is 0 Å². The number of hydrogen-bond donors (Lipinski definition) is 0. The van der Waals surface area contributed by atoms with Crippen molar-refractivity contribution in [2.75, 3.05) is 18.0 Å². The first-order chi connectivity index (χ1) is 17.2. The fourth-order valence-electron chi connectivity index (χ4n) is 5.36. The van der Waals surface area contributed by atoms with Crippen molar-refractivity contribution in [3.8, 4) is 6.07 Å². The molecule has 192 valence electrons. The number of rotatable bonds is 10. The second-order valence-corrected chi connectivity index (χ2v) is 10.5. The molecule has 0 aliphatic carbocycles. The summed E-state index contributed by atoms with van der Waals surface area (Å²) in [5.41, 5.74) is 4.35. The van der Waals surface area contributed by atoms with Crippen LogP contribution >= 0.6 is 0 Å². The Morgan fingerprint density at radius 2 is 1.69 bits per heavy atom. The molecule has 2 heterocycles. The van der Waals surface area contributed by atoms with Crippen molar-refractivity contribution in [3.05, 3.63) is 64.4 Å². The molecule has 2 amide bonds. The number of carbonyl (C=O) groups excluding carboxylic acids is 2. The number of amides is 2. The zero-order valence-corrected chi connectivity index (χ0v) is 22.9. The molecule has 0 fully saturated rings. The van der Waals surface area contributed by atoms with Crippen LogP contribution in [0, 0.1) is 17.2 Å². The molecule has 0 bridgehead atoms. The van der Waals surface area contributed by atoms with Gasteiger partial charge in [-0.25, -0.2) is 0 Å². The molecule has 1 unspecified atom stereocenters. The lowest BCUT2D eigenvalue weighted by Gasteiger charge is -2.30. The molecular weight excluding hydrogens is 446 g/mol. The number of imide groups is 1. The van der Waals surface area contributed by atoms with Gasteiger partial charge in [-0.3, -0.25) is 14.5 Å². The minimum absolute atomic E-state index is 0.0707. The summed E-state index contributed by atoms with van der Waals surface area (Å²) in [5, 5.41) is 9.79. The third-order valence-corrected chi connectivity index (χ3v) is 7.75. The number of para-hydroxylation sites is 1. The van der Waals surface area contributed by atoms with E-state index in [1.807, 2.05) is 12.2 Å². The SMILES string of the molecule is CCCCC(CC)CN1C(=O)C(C#N)=C(C)/C(=C/C=C2/N(CCCC)c3ccccc3C2(C)C)C1=O. The fourth-order valence-corrected chi connectivity index (χ4v) is 5.36. The second kappa shape index (κ2) is 11.7. The molecule has 0 saturated heterocycles. The molecular formula is C31H41N3O2. The van der Waals surface area contributed by atoms with E-state index < -0.39 is 5.91 Å². The van der Waals surface area contributed by atoms with Gasteiger partial charge in [-0.05, 0) is 55.0 Å². The van der Waals surface area contributed by atoms with E-state index >= 15 is 0 Å². The molecule has 3 rings (SSSR count). The lowest BCUT2D eigenvalue weighted by atomic mass is 9.83. The van der Waals surface area contributed by atoms with Gasteiger partial charge in [0, 0.05) is 35.5 Å². The molecule has 0 radical (unpaired) electrons. The summed E-state index contributed by atoms with van der Waals surface area (Å²) in [7, 11) is 0. The predicted octanol–water partition coefficient (Wildman–Crippen LogP) is 6.82. The maximum absolute atomic E-state index is 13.6. The average molecular weight is 488 g/mol. The molecule has 0 N–H and O–H groups in total. The van der Waals surface area contributed by atoms with E-state index in [9.17, 15) is 14.9 Å². The van der Waals surface area contributed by atoms with Crippen LogP contribution in [-0.4, -0.2) is 29.8 Å². The number of unbranched alkanes of at least 4 members (excludes halogenated alkanes) is 2. The molecule has 5 heteroatoms. The van der Waals surface area contributed by atoms with E-state index in [0.29, 0.717) is 17.7 Å². The van der Waals surface area contributed by atoms with Crippen molar-refractivity contribution in [1.82, 2.24) is 4.90 Å². The van der Waals surface area contributed by atoms with Crippen LogP contribution in [0.1, 0.15) is 85.6 Å². The summed E-state index contributed by atoms with van der Waals surface area (Å²) in [4.78, 5) is 30.4. The molecule has 2 aliphatic heterocycles. The predicted molar refractivity (Wildman–Crippen MR) is 146 cm³/mol. The van der Waals surface area contributed by atoms with Crippen molar-refractivity contribution in [2.45, 2.75) is 85.5 Å². The summed E-state index contributed by atoms with van der Waals surface area (Å²) in [5.74, 6) is -0.516. The molecule has 5 nitrogen and oxygen atoms in total. The standard InChI is InChI=1S/C31H41N3O2/c1-7-10-14-23(9-3)21-34-29(35)24(22(4)25(20-32)30(34)36)17-18-28-31(5,6)26-15-12-13-16-27(26)33(28)19-11-8-2/h12-13,15-18,23H,7-11,14,19,21H2,1-6H3/b24-17-,28-18+. The van der Waals surface area contributed by atoms with Crippen LogP contribution < -0.4 is 4.90 Å². The third kappa shape index (κ3) is 5.19. The van der Waals surface area contributed by atoms with Gasteiger partial charge in [0.1, 0.15) is 11.6 Å². The Bertz CT molecular complexity index is 1130. The first-order valence-corrected chi connectivity index (χ1v) is 13.5. The number of fused-ring (bicyclic) bond motifs is 1. The van der Waals surface area contributed by atoms with Gasteiger partial charge in [-0.1, -0.05) is 78.5 Å². The highest BCUT2D eigenvalue weighted by Crippen LogP contribution is 2.47. The molecule has 36 heavy (non-hydrogen) atoms. The van der Waals surface area contributed by atoms with Crippen molar-refractivity contribution < 1.29 is 9.59 Å². The number of benzene rings is 1. The van der Waals surface area contributed by atoms with Crippen LogP contribution in [0.15, 0.2) is 58.8 Å². The zero-order chi connectivity index (χ0) is 26.5. The summed E-state index contributed by atoms with van der Waals surface area (Å²) < 4.78 is 0. The van der Waals surface area contributed by atoms with Gasteiger partial charge in [0.05, 0.1) is 0 Å². The summed E-state index contributed by atoms with van der Waals surface area (Å²) in [6.07, 6.45) is 10.0. The van der Waals surface area contributed by atoms with Crippen molar-refractivity contribution in [1.29, 1.82) is 5.26 Å². The highest BCUT2D eigenvalue weighted by molar-refractivity contribution is 6.18. The van der Waals surface area contributed by atoms with E-state index in [2.05, 4.69) is 69.9 Å². The molecule has 1 atom stereocenters. The normalized spacial score (nSPS) is 20.4. The monoisotopic (exact) mass is 487 g/mol. The maximum atomic E-state index is 13.6. The maximum Gasteiger partial charge on any atom is 0.271 e. The van der Waals surface area contributed by atoms with E-state index in [-0.39, 0.29) is 22.8 Å². The van der Waals surface area contributed by atoms with Crippen molar-refractivity contribution in [2.24, 2.45) is 5.92 Å². The van der Waals surface area contributed by atoms with Gasteiger partial charge in [-0.15, -0.1) is 0 Å². The Labute approximate surface area is 217 Å². The molecule has 0 spiro atoms. The Hall–Kier alpha value is -3.13. The first kappa shape index (κ1) is 27.5.